The molecule has 1 aromatic heterocycles. The first-order chi connectivity index (χ1) is 9.17. The largest absolute Gasteiger partial charge is 0.377 e. The number of sulfonamides is 1. The van der Waals surface area contributed by atoms with Crippen LogP contribution in [0.4, 0.5) is 0 Å². The normalized spacial score (nSPS) is 20.1. The van der Waals surface area contributed by atoms with E-state index in [1.807, 2.05) is 0 Å². The molecular formula is C11H13N3O3S2. The zero-order valence-corrected chi connectivity index (χ0v) is 11.7. The minimum Gasteiger partial charge on any atom is -0.377 e. The first kappa shape index (κ1) is 12.9. The van der Waals surface area contributed by atoms with E-state index >= 15 is 0 Å². The SMILES string of the molecule is O=S(=O)(NC[C@@H]1CCCO1)c1cccc2nsnc12. The van der Waals surface area contributed by atoms with Crippen LogP contribution in [0.2, 0.25) is 0 Å². The van der Waals surface area contributed by atoms with Gasteiger partial charge >= 0.3 is 0 Å². The first-order valence-electron chi connectivity index (χ1n) is 5.99. The Labute approximate surface area is 115 Å². The third kappa shape index (κ3) is 2.62. The van der Waals surface area contributed by atoms with Crippen molar-refractivity contribution in [3.63, 3.8) is 0 Å². The molecule has 0 bridgehead atoms. The molecule has 0 aliphatic carbocycles. The van der Waals surface area contributed by atoms with Crippen molar-refractivity contribution < 1.29 is 13.2 Å². The van der Waals surface area contributed by atoms with Crippen LogP contribution in [-0.2, 0) is 14.8 Å². The topological polar surface area (TPSA) is 81.2 Å². The van der Waals surface area contributed by atoms with E-state index in [0.717, 1.165) is 24.6 Å². The predicted molar refractivity (Wildman–Crippen MR) is 71.6 cm³/mol. The monoisotopic (exact) mass is 299 g/mol. The molecule has 1 fully saturated rings. The Balaban J connectivity index is 1.84. The molecule has 0 radical (unpaired) electrons. The minimum atomic E-state index is -3.57. The predicted octanol–water partition coefficient (Wildman–Crippen LogP) is 1.15. The van der Waals surface area contributed by atoms with Gasteiger partial charge in [0.25, 0.3) is 0 Å². The van der Waals surface area contributed by atoms with Gasteiger partial charge in [-0.2, -0.15) is 8.75 Å². The number of nitrogens with zero attached hydrogens (tertiary/aromatic N) is 2. The molecule has 1 aromatic carbocycles. The van der Waals surface area contributed by atoms with Gasteiger partial charge in [-0.3, -0.25) is 0 Å². The van der Waals surface area contributed by atoms with Gasteiger partial charge in [-0.25, -0.2) is 13.1 Å². The van der Waals surface area contributed by atoms with Gasteiger partial charge in [0.2, 0.25) is 10.0 Å². The van der Waals surface area contributed by atoms with Crippen molar-refractivity contribution in [2.24, 2.45) is 0 Å². The summed E-state index contributed by atoms with van der Waals surface area (Å²) in [5.74, 6) is 0. The van der Waals surface area contributed by atoms with Crippen molar-refractivity contribution in [3.8, 4) is 0 Å². The number of nitrogens with one attached hydrogen (secondary N) is 1. The molecule has 1 saturated heterocycles. The summed E-state index contributed by atoms with van der Waals surface area (Å²) in [7, 11) is -3.57. The molecule has 0 unspecified atom stereocenters. The van der Waals surface area contributed by atoms with E-state index in [4.69, 9.17) is 4.74 Å². The van der Waals surface area contributed by atoms with Crippen LogP contribution < -0.4 is 4.72 Å². The van der Waals surface area contributed by atoms with Crippen molar-refractivity contribution in [2.45, 2.75) is 23.8 Å². The third-order valence-corrected chi connectivity index (χ3v) is 5.06. The molecule has 6 nitrogen and oxygen atoms in total. The van der Waals surface area contributed by atoms with E-state index < -0.39 is 10.0 Å². The average Bonchev–Trinajstić information content (AvgIpc) is 3.06. The number of rotatable bonds is 4. The molecule has 1 aliphatic rings. The van der Waals surface area contributed by atoms with Gasteiger partial charge in [-0.05, 0) is 25.0 Å². The number of ether oxygens (including phenoxy) is 1. The van der Waals surface area contributed by atoms with E-state index in [-0.39, 0.29) is 11.0 Å². The summed E-state index contributed by atoms with van der Waals surface area (Å²) >= 11 is 1.01. The summed E-state index contributed by atoms with van der Waals surface area (Å²) in [6.07, 6.45) is 1.85. The smallest absolute Gasteiger partial charge is 0.242 e. The van der Waals surface area contributed by atoms with Crippen molar-refractivity contribution in [1.29, 1.82) is 0 Å². The van der Waals surface area contributed by atoms with E-state index in [9.17, 15) is 8.42 Å². The van der Waals surface area contributed by atoms with E-state index in [2.05, 4.69) is 13.5 Å². The fourth-order valence-electron chi connectivity index (χ4n) is 2.08. The second-order valence-electron chi connectivity index (χ2n) is 4.38. The van der Waals surface area contributed by atoms with Crippen molar-refractivity contribution in [2.75, 3.05) is 13.2 Å². The third-order valence-electron chi connectivity index (χ3n) is 3.06. The second-order valence-corrected chi connectivity index (χ2v) is 6.64. The van der Waals surface area contributed by atoms with Gasteiger partial charge in [-0.15, -0.1) is 0 Å². The Morgan fingerprint density at radius 1 is 1.42 bits per heavy atom. The van der Waals surface area contributed by atoms with Crippen LogP contribution in [0, 0.1) is 0 Å². The van der Waals surface area contributed by atoms with E-state index in [1.165, 1.54) is 0 Å². The van der Waals surface area contributed by atoms with Crippen LogP contribution in [0.25, 0.3) is 11.0 Å². The lowest BCUT2D eigenvalue weighted by molar-refractivity contribution is 0.114. The Bertz CT molecular complexity index is 677. The molecule has 102 valence electrons. The Morgan fingerprint density at radius 2 is 2.32 bits per heavy atom. The fraction of sp³-hybridized carbons (Fsp3) is 0.455. The molecule has 19 heavy (non-hydrogen) atoms. The lowest BCUT2D eigenvalue weighted by atomic mass is 10.2. The molecule has 0 spiro atoms. The Morgan fingerprint density at radius 3 is 3.11 bits per heavy atom. The first-order valence-corrected chi connectivity index (χ1v) is 8.21. The van der Waals surface area contributed by atoms with Crippen molar-refractivity contribution in [3.05, 3.63) is 18.2 Å². The molecule has 2 heterocycles. The quantitative estimate of drug-likeness (QED) is 0.916. The Kier molecular flexibility index (Phi) is 3.48. The number of fused-ring (bicyclic) bond motifs is 1. The highest BCUT2D eigenvalue weighted by Crippen LogP contribution is 2.21. The standard InChI is InChI=1S/C11H13N3O3S2/c15-19(16,12-7-8-3-2-6-17-8)10-5-1-4-9-11(10)14-18-13-9/h1,4-5,8,12H,2-3,6-7H2/t8-/m0/s1. The summed E-state index contributed by atoms with van der Waals surface area (Å²) in [5.41, 5.74) is 1.03. The van der Waals surface area contributed by atoms with E-state index in [0.29, 0.717) is 24.2 Å². The lowest BCUT2D eigenvalue weighted by Crippen LogP contribution is -2.31. The average molecular weight is 299 g/mol. The number of hydrogen-bond acceptors (Lipinski definition) is 6. The van der Waals surface area contributed by atoms with Crippen LogP contribution in [0.5, 0.6) is 0 Å². The highest BCUT2D eigenvalue weighted by atomic mass is 32.2. The molecule has 1 N–H and O–H groups in total. The second kappa shape index (κ2) is 5.12. The van der Waals surface area contributed by atoms with Gasteiger partial charge in [0.15, 0.2) is 0 Å². The molecular weight excluding hydrogens is 286 g/mol. The number of hydrogen-bond donors (Lipinski definition) is 1. The maximum atomic E-state index is 12.3. The summed E-state index contributed by atoms with van der Waals surface area (Å²) in [4.78, 5) is 0.178. The van der Waals surface area contributed by atoms with Gasteiger partial charge in [0.1, 0.15) is 15.9 Å². The summed E-state index contributed by atoms with van der Waals surface area (Å²) in [6.45, 7) is 1.01. The van der Waals surface area contributed by atoms with Crippen LogP contribution in [0.15, 0.2) is 23.1 Å². The summed E-state index contributed by atoms with van der Waals surface area (Å²) in [6, 6.07) is 4.96. The zero-order chi connectivity index (χ0) is 13.3. The van der Waals surface area contributed by atoms with Crippen LogP contribution in [0.1, 0.15) is 12.8 Å². The van der Waals surface area contributed by atoms with Crippen LogP contribution >= 0.6 is 11.7 Å². The lowest BCUT2D eigenvalue weighted by Gasteiger charge is -2.11. The maximum Gasteiger partial charge on any atom is 0.242 e. The van der Waals surface area contributed by atoms with Crippen molar-refractivity contribution in [1.82, 2.24) is 13.5 Å². The highest BCUT2D eigenvalue weighted by molar-refractivity contribution is 7.89. The Hall–Kier alpha value is -1.09. The highest BCUT2D eigenvalue weighted by Gasteiger charge is 2.22. The van der Waals surface area contributed by atoms with Gasteiger partial charge in [0, 0.05) is 13.2 Å². The molecule has 2 aromatic rings. The summed E-state index contributed by atoms with van der Waals surface area (Å²) < 4.78 is 40.6. The molecule has 1 atom stereocenters. The maximum absolute atomic E-state index is 12.3. The van der Waals surface area contributed by atoms with Crippen LogP contribution in [0.3, 0.4) is 0 Å². The molecule has 8 heteroatoms. The summed E-state index contributed by atoms with van der Waals surface area (Å²) in [5, 5.41) is 0. The molecule has 3 rings (SSSR count). The zero-order valence-electron chi connectivity index (χ0n) is 10.1. The number of benzene rings is 1. The van der Waals surface area contributed by atoms with Gasteiger partial charge in [0.05, 0.1) is 17.8 Å². The molecule has 1 aliphatic heterocycles. The van der Waals surface area contributed by atoms with Gasteiger partial charge in [-0.1, -0.05) is 6.07 Å². The van der Waals surface area contributed by atoms with Crippen molar-refractivity contribution >= 4 is 32.8 Å². The van der Waals surface area contributed by atoms with Crippen LogP contribution in [-0.4, -0.2) is 36.4 Å². The fourth-order valence-corrected chi connectivity index (χ4v) is 3.91. The van der Waals surface area contributed by atoms with E-state index in [1.54, 1.807) is 18.2 Å². The molecule has 0 saturated carbocycles. The van der Waals surface area contributed by atoms with Gasteiger partial charge < -0.3 is 4.74 Å². The minimum absolute atomic E-state index is 0.0254. The molecule has 0 amide bonds. The number of aromatic nitrogens is 2.